The first-order valence-electron chi connectivity index (χ1n) is 6.32. The summed E-state index contributed by atoms with van der Waals surface area (Å²) in [4.78, 5) is 10.7. The normalized spacial score (nSPS) is 16.1. The lowest BCUT2D eigenvalue weighted by Gasteiger charge is -2.40. The minimum atomic E-state index is -7.94. The molecule has 0 aliphatic rings. The monoisotopic (exact) mass is 432 g/mol. The van der Waals surface area contributed by atoms with Crippen molar-refractivity contribution < 1.29 is 66.6 Å². The minimum Gasteiger partial charge on any atom is -0.393 e. The molecule has 1 atom stereocenters. The molecule has 1 unspecified atom stereocenters. The molecule has 0 fully saturated rings. The summed E-state index contributed by atoms with van der Waals surface area (Å²) >= 11 is 0. The van der Waals surface area contributed by atoms with Gasteiger partial charge in [-0.2, -0.15) is 52.7 Å². The highest BCUT2D eigenvalue weighted by molar-refractivity contribution is 5.87. The summed E-state index contributed by atoms with van der Waals surface area (Å²) in [6.45, 7) is 2.61. The quantitative estimate of drug-likeness (QED) is 0.298. The molecule has 0 heterocycles. The molecule has 0 rings (SSSR count). The molecular weight excluding hydrogens is 423 g/mol. The molecule has 0 saturated heterocycles. The fourth-order valence-electron chi connectivity index (χ4n) is 1.30. The summed E-state index contributed by atoms with van der Waals surface area (Å²) in [5.41, 5.74) is -1.12. The van der Waals surface area contributed by atoms with E-state index in [1.54, 1.807) is 0 Å². The summed E-state index contributed by atoms with van der Waals surface area (Å²) in [5.74, 6) is -40.2. The molecule has 0 aromatic rings. The number of rotatable bonds is 8. The summed E-state index contributed by atoms with van der Waals surface area (Å²) < 4.78 is 173. The van der Waals surface area contributed by atoms with Crippen LogP contribution in [0.1, 0.15) is 13.8 Å². The zero-order valence-corrected chi connectivity index (χ0v) is 13.0. The number of ether oxygens (including phenoxy) is 1. The molecule has 0 spiro atoms. The third kappa shape index (κ3) is 3.56. The molecule has 0 saturated carbocycles. The fraction of sp³-hybridized carbons (Fsp3) is 0.750. The maximum absolute atomic E-state index is 13.3. The van der Waals surface area contributed by atoms with Crippen LogP contribution in [0.5, 0.6) is 0 Å². The van der Waals surface area contributed by atoms with Crippen molar-refractivity contribution in [1.82, 2.24) is 0 Å². The predicted octanol–water partition coefficient (Wildman–Crippen LogP) is 5.23. The fourth-order valence-corrected chi connectivity index (χ4v) is 1.30. The van der Waals surface area contributed by atoms with Gasteiger partial charge in [0.05, 0.1) is 0 Å². The lowest BCUT2D eigenvalue weighted by molar-refractivity contribution is -0.452. The van der Waals surface area contributed by atoms with Crippen LogP contribution in [-0.2, 0) is 9.53 Å². The van der Waals surface area contributed by atoms with E-state index in [9.17, 15) is 61.9 Å². The van der Waals surface area contributed by atoms with Gasteiger partial charge in [0.15, 0.2) is 6.17 Å². The van der Waals surface area contributed by atoms with Crippen molar-refractivity contribution in [2.24, 2.45) is 0 Å². The van der Waals surface area contributed by atoms with Crippen molar-refractivity contribution >= 4 is 5.97 Å². The van der Waals surface area contributed by atoms with Gasteiger partial charge in [0.25, 0.3) is 0 Å². The highest BCUT2D eigenvalue weighted by Crippen LogP contribution is 2.60. The second-order valence-electron chi connectivity index (χ2n) is 5.22. The molecule has 15 heteroatoms. The van der Waals surface area contributed by atoms with E-state index in [1.165, 1.54) is 0 Å². The van der Waals surface area contributed by atoms with Gasteiger partial charge in [0.2, 0.25) is 0 Å². The molecule has 0 bridgehead atoms. The number of esters is 1. The standard InChI is InChI=1S/C12H9F13O2/c1-4(2)6(26)27-12(24,25)11(22,23)10(20,21)9(18,19)8(16,17)7(14,15)5(3)13/h5H,1H2,2-3H3. The Morgan fingerprint density at radius 1 is 0.778 bits per heavy atom. The molecule has 0 N–H and O–H groups in total. The summed E-state index contributed by atoms with van der Waals surface area (Å²) in [6, 6.07) is 0. The van der Waals surface area contributed by atoms with Crippen LogP contribution in [-0.4, -0.2) is 47.9 Å². The Hall–Kier alpha value is -1.70. The van der Waals surface area contributed by atoms with E-state index < -0.39 is 60.4 Å². The molecule has 0 aromatic carbocycles. The second-order valence-corrected chi connectivity index (χ2v) is 5.22. The van der Waals surface area contributed by atoms with Crippen LogP contribution in [0.4, 0.5) is 57.1 Å². The first kappa shape index (κ1) is 25.3. The van der Waals surface area contributed by atoms with Gasteiger partial charge in [0, 0.05) is 5.57 Å². The van der Waals surface area contributed by atoms with E-state index >= 15 is 0 Å². The van der Waals surface area contributed by atoms with Crippen molar-refractivity contribution in [2.45, 2.75) is 55.7 Å². The average molecular weight is 432 g/mol. The van der Waals surface area contributed by atoms with Gasteiger partial charge in [-0.3, -0.25) is 0 Å². The van der Waals surface area contributed by atoms with Crippen LogP contribution < -0.4 is 0 Å². The number of hydrogen-bond acceptors (Lipinski definition) is 2. The van der Waals surface area contributed by atoms with E-state index in [-0.39, 0.29) is 0 Å². The van der Waals surface area contributed by atoms with Crippen molar-refractivity contribution in [2.75, 3.05) is 0 Å². The van der Waals surface area contributed by atoms with Gasteiger partial charge in [-0.15, -0.1) is 0 Å². The van der Waals surface area contributed by atoms with Crippen molar-refractivity contribution in [3.63, 3.8) is 0 Å². The highest BCUT2D eigenvalue weighted by Gasteiger charge is 2.91. The van der Waals surface area contributed by atoms with Crippen LogP contribution in [0, 0.1) is 0 Å². The van der Waals surface area contributed by atoms with Gasteiger partial charge in [-0.25, -0.2) is 9.18 Å². The molecule has 0 radical (unpaired) electrons. The highest BCUT2D eigenvalue weighted by atomic mass is 19.4. The van der Waals surface area contributed by atoms with E-state index in [0.717, 1.165) is 0 Å². The van der Waals surface area contributed by atoms with E-state index in [4.69, 9.17) is 0 Å². The smallest absolute Gasteiger partial charge is 0.393 e. The van der Waals surface area contributed by atoms with Crippen molar-refractivity contribution in [1.29, 1.82) is 0 Å². The van der Waals surface area contributed by atoms with Gasteiger partial charge in [-0.1, -0.05) is 6.58 Å². The summed E-state index contributed by atoms with van der Waals surface area (Å²) in [5, 5.41) is 0. The lowest BCUT2D eigenvalue weighted by Crippen LogP contribution is -2.72. The zero-order valence-electron chi connectivity index (χ0n) is 13.0. The zero-order chi connectivity index (χ0) is 22.4. The van der Waals surface area contributed by atoms with Crippen LogP contribution >= 0.6 is 0 Å². The van der Waals surface area contributed by atoms with Crippen molar-refractivity contribution in [3.05, 3.63) is 12.2 Å². The Balaban J connectivity index is 6.35. The lowest BCUT2D eigenvalue weighted by atomic mass is 9.92. The molecule has 0 aromatic heterocycles. The van der Waals surface area contributed by atoms with E-state index in [1.807, 2.05) is 0 Å². The van der Waals surface area contributed by atoms with Crippen LogP contribution in [0.25, 0.3) is 0 Å². The summed E-state index contributed by atoms with van der Waals surface area (Å²) in [6.07, 6.45) is -11.1. The maximum atomic E-state index is 13.3. The van der Waals surface area contributed by atoms with E-state index in [2.05, 4.69) is 11.3 Å². The van der Waals surface area contributed by atoms with Crippen LogP contribution in [0.3, 0.4) is 0 Å². The van der Waals surface area contributed by atoms with Gasteiger partial charge in [0.1, 0.15) is 0 Å². The van der Waals surface area contributed by atoms with E-state index in [0.29, 0.717) is 6.92 Å². The van der Waals surface area contributed by atoms with Gasteiger partial charge in [-0.05, 0) is 13.8 Å². The van der Waals surface area contributed by atoms with Crippen molar-refractivity contribution in [3.8, 4) is 0 Å². The molecule has 2 nitrogen and oxygen atoms in total. The Bertz CT molecular complexity index is 594. The predicted molar refractivity (Wildman–Crippen MR) is 61.2 cm³/mol. The first-order chi connectivity index (χ1) is 11.5. The number of carbonyl (C=O) groups is 1. The van der Waals surface area contributed by atoms with Crippen LogP contribution in [0.15, 0.2) is 12.2 Å². The first-order valence-corrected chi connectivity index (χ1v) is 6.32. The van der Waals surface area contributed by atoms with Crippen LogP contribution in [0.2, 0.25) is 0 Å². The van der Waals surface area contributed by atoms with Gasteiger partial charge < -0.3 is 4.74 Å². The second kappa shape index (κ2) is 6.72. The number of halogens is 13. The SMILES string of the molecule is C=C(C)C(=O)OC(F)(F)C(F)(F)C(F)(F)C(F)(F)C(F)(F)C(F)(F)C(C)F. The third-order valence-corrected chi connectivity index (χ3v) is 3.04. The Morgan fingerprint density at radius 2 is 1.11 bits per heavy atom. The number of hydrogen-bond donors (Lipinski definition) is 0. The topological polar surface area (TPSA) is 26.3 Å². The maximum Gasteiger partial charge on any atom is 0.473 e. The average Bonchev–Trinajstić information content (AvgIpc) is 2.45. The Kier molecular flexibility index (Phi) is 6.30. The minimum absolute atomic E-state index is 0.497. The largest absolute Gasteiger partial charge is 0.473 e. The molecule has 27 heavy (non-hydrogen) atoms. The molecular formula is C12H9F13O2. The van der Waals surface area contributed by atoms with Gasteiger partial charge >= 0.3 is 41.7 Å². The molecule has 0 aliphatic heterocycles. The molecule has 0 aliphatic carbocycles. The summed E-state index contributed by atoms with van der Waals surface area (Å²) in [7, 11) is 0. The Labute approximate surface area is 141 Å². The number of alkyl halides is 13. The number of carbonyl (C=O) groups excluding carboxylic acids is 1. The molecule has 0 amide bonds. The molecule has 160 valence electrons. The third-order valence-electron chi connectivity index (χ3n) is 3.04. The Morgan fingerprint density at radius 3 is 1.41 bits per heavy atom.